The van der Waals surface area contributed by atoms with E-state index in [0.717, 1.165) is 0 Å². The molecule has 0 spiro atoms. The molecule has 1 heterocycles. The Balaban J connectivity index is 0.000000558. The first kappa shape index (κ1) is 43.2. The Morgan fingerprint density at radius 3 is 1.27 bits per heavy atom. The number of hydrogen-bond acceptors (Lipinski definition) is 0. The molecule has 44 heavy (non-hydrogen) atoms. The fourth-order valence-corrected chi connectivity index (χ4v) is 5.58. The fraction of sp³-hybridized carbons (Fsp3) is 0.455. The van der Waals surface area contributed by atoms with Crippen LogP contribution in [-0.2, 0) is 0 Å². The van der Waals surface area contributed by atoms with Gasteiger partial charge in [0.15, 0.2) is 0 Å². The molecular weight excluding hydrogens is 771 g/mol. The quantitative estimate of drug-likeness (QED) is 0.159. The van der Waals surface area contributed by atoms with Crippen molar-refractivity contribution in [3.8, 4) is 0 Å². The maximum absolute atomic E-state index is 13.2. The van der Waals surface area contributed by atoms with E-state index in [0.29, 0.717) is 30.1 Å². The van der Waals surface area contributed by atoms with Gasteiger partial charge in [-0.3, -0.25) is 0 Å². The van der Waals surface area contributed by atoms with Crippen molar-refractivity contribution in [1.29, 1.82) is 0 Å². The van der Waals surface area contributed by atoms with Crippen LogP contribution in [0, 0.1) is 76.4 Å². The van der Waals surface area contributed by atoms with Crippen molar-refractivity contribution >= 4 is 47.8 Å². The SMILES string of the molecule is CC1(C)CCCC(C)(C)[N-]1.Cc1c(F)c(C)c(Br)c(C)c1F.Cc1c(F)cc(Br)c(C)c1F.Cc1c(F)cc(Br)cc1F.[Li+]. The summed E-state index contributed by atoms with van der Waals surface area (Å²) in [4.78, 5) is 0. The maximum Gasteiger partial charge on any atom is 1.00 e. The molecule has 0 bridgehead atoms. The predicted molar refractivity (Wildman–Crippen MR) is 176 cm³/mol. The Kier molecular flexibility index (Phi) is 17.6. The Hall–Kier alpha value is -0.763. The van der Waals surface area contributed by atoms with Crippen molar-refractivity contribution in [2.24, 2.45) is 0 Å². The number of hydrogen-bond donors (Lipinski definition) is 0. The fourth-order valence-electron chi connectivity index (χ4n) is 4.45. The van der Waals surface area contributed by atoms with Gasteiger partial charge in [0.25, 0.3) is 0 Å². The molecule has 0 unspecified atom stereocenters. The summed E-state index contributed by atoms with van der Waals surface area (Å²) in [6.45, 7) is 18.0. The molecule has 0 saturated carbocycles. The molecule has 1 aliphatic heterocycles. The molecule has 1 nitrogen and oxygen atoms in total. The van der Waals surface area contributed by atoms with Gasteiger partial charge in [0.05, 0.1) is 0 Å². The van der Waals surface area contributed by atoms with E-state index in [1.54, 1.807) is 20.8 Å². The van der Waals surface area contributed by atoms with Gasteiger partial charge in [-0.05, 0) is 76.4 Å². The van der Waals surface area contributed by atoms with Crippen molar-refractivity contribution in [3.63, 3.8) is 0 Å². The van der Waals surface area contributed by atoms with E-state index in [1.807, 2.05) is 0 Å². The molecule has 4 rings (SSSR count). The van der Waals surface area contributed by atoms with Crippen LogP contribution in [0.1, 0.15) is 80.3 Å². The zero-order chi connectivity index (χ0) is 33.6. The Bertz CT molecular complexity index is 1280. The predicted octanol–water partition coefficient (Wildman–Crippen LogP) is 10.1. The third-order valence-corrected chi connectivity index (χ3v) is 9.50. The number of halogens is 9. The van der Waals surface area contributed by atoms with E-state index in [2.05, 4.69) is 75.5 Å². The largest absolute Gasteiger partial charge is 1.00 e. The van der Waals surface area contributed by atoms with Gasteiger partial charge in [-0.25, -0.2) is 26.3 Å². The van der Waals surface area contributed by atoms with Gasteiger partial charge in [0.2, 0.25) is 0 Å². The molecule has 0 N–H and O–H groups in total. The summed E-state index contributed by atoms with van der Waals surface area (Å²) in [7, 11) is 0. The Labute approximate surface area is 295 Å². The summed E-state index contributed by atoms with van der Waals surface area (Å²) >= 11 is 9.15. The second kappa shape index (κ2) is 18.0. The molecule has 1 aliphatic rings. The normalized spacial score (nSPS) is 14.5. The minimum Gasteiger partial charge on any atom is -0.652 e. The topological polar surface area (TPSA) is 14.1 Å². The van der Waals surface area contributed by atoms with Crippen LogP contribution in [0.15, 0.2) is 31.6 Å². The van der Waals surface area contributed by atoms with Crippen LogP contribution in [0.4, 0.5) is 26.3 Å². The molecule has 0 aliphatic carbocycles. The van der Waals surface area contributed by atoms with Gasteiger partial charge in [0.1, 0.15) is 34.9 Å². The van der Waals surface area contributed by atoms with Gasteiger partial charge >= 0.3 is 18.9 Å². The van der Waals surface area contributed by atoms with Gasteiger partial charge in [-0.1, -0.05) is 94.7 Å². The maximum atomic E-state index is 13.2. The summed E-state index contributed by atoms with van der Waals surface area (Å²) < 4.78 is 78.6. The van der Waals surface area contributed by atoms with Crippen LogP contribution >= 0.6 is 47.8 Å². The molecule has 0 amide bonds. The molecule has 1 fully saturated rings. The average molecular weight is 810 g/mol. The standard InChI is InChI=1S/C9H9BrF2.C9H18N.C8H7BrF2.C7H5BrF2.Li/c1-4-7(10)5(2)9(12)6(3)8(4)11;1-8(2)6-5-7-9(3,4)10-8;1-4-6(9)3-7(10)5(2)8(4)11;1-4-6(9)2-5(8)3-7(4)10;/h1-3H3;5-7H2,1-4H3;3H,1-2H3;2-3H,1H3;/q;-1;;;+1. The van der Waals surface area contributed by atoms with Crippen LogP contribution in [-0.4, -0.2) is 11.1 Å². The van der Waals surface area contributed by atoms with E-state index < -0.39 is 34.9 Å². The van der Waals surface area contributed by atoms with Gasteiger partial charge in [-0.2, -0.15) is 0 Å². The third kappa shape index (κ3) is 12.4. The van der Waals surface area contributed by atoms with Crippen molar-refractivity contribution in [3.05, 3.63) is 105 Å². The van der Waals surface area contributed by atoms with Crippen molar-refractivity contribution in [2.75, 3.05) is 0 Å². The molecule has 0 radical (unpaired) electrons. The molecule has 0 aromatic heterocycles. The van der Waals surface area contributed by atoms with Crippen LogP contribution in [0.25, 0.3) is 5.32 Å². The number of piperidine rings is 1. The van der Waals surface area contributed by atoms with Gasteiger partial charge in [0, 0.05) is 30.1 Å². The van der Waals surface area contributed by atoms with E-state index in [4.69, 9.17) is 5.32 Å². The molecular formula is C33H39Br3F6LiN. The average Bonchev–Trinajstić information content (AvgIpc) is 2.90. The minimum atomic E-state index is -0.521. The summed E-state index contributed by atoms with van der Waals surface area (Å²) in [5, 5.41) is 4.75. The minimum absolute atomic E-state index is 0. The van der Waals surface area contributed by atoms with Gasteiger partial charge < -0.3 is 5.32 Å². The van der Waals surface area contributed by atoms with Crippen molar-refractivity contribution in [1.82, 2.24) is 0 Å². The smallest absolute Gasteiger partial charge is 0.652 e. The Morgan fingerprint density at radius 1 is 0.545 bits per heavy atom. The first-order valence-electron chi connectivity index (χ1n) is 13.6. The first-order valence-corrected chi connectivity index (χ1v) is 16.0. The molecule has 3 aromatic rings. The second-order valence-corrected chi connectivity index (χ2v) is 14.4. The molecule has 0 atom stereocenters. The summed E-state index contributed by atoms with van der Waals surface area (Å²) in [5.41, 5.74) is 2.08. The van der Waals surface area contributed by atoms with Crippen molar-refractivity contribution in [2.45, 2.75) is 99.6 Å². The van der Waals surface area contributed by atoms with E-state index in [-0.39, 0.29) is 46.6 Å². The Morgan fingerprint density at radius 2 is 0.909 bits per heavy atom. The van der Waals surface area contributed by atoms with E-state index >= 15 is 0 Å². The number of benzene rings is 3. The van der Waals surface area contributed by atoms with Gasteiger partial charge in [-0.15, -0.1) is 11.1 Å². The summed E-state index contributed by atoms with van der Waals surface area (Å²) in [5.74, 6) is -2.97. The van der Waals surface area contributed by atoms with Crippen LogP contribution in [0.2, 0.25) is 0 Å². The zero-order valence-corrected chi connectivity index (χ0v) is 32.0. The summed E-state index contributed by atoms with van der Waals surface area (Å²) in [6, 6.07) is 3.74. The van der Waals surface area contributed by atoms with Crippen LogP contribution in [0.5, 0.6) is 0 Å². The van der Waals surface area contributed by atoms with Crippen LogP contribution < -0.4 is 18.9 Å². The molecule has 240 valence electrons. The number of rotatable bonds is 0. The molecule has 3 aromatic carbocycles. The molecule has 1 saturated heterocycles. The monoisotopic (exact) mass is 807 g/mol. The first-order chi connectivity index (χ1) is 19.5. The van der Waals surface area contributed by atoms with E-state index in [9.17, 15) is 26.3 Å². The summed E-state index contributed by atoms with van der Waals surface area (Å²) in [6.07, 6.45) is 3.86. The third-order valence-electron chi connectivity index (χ3n) is 7.03. The van der Waals surface area contributed by atoms with Crippen molar-refractivity contribution < 1.29 is 45.2 Å². The number of nitrogens with zero attached hydrogens (tertiary/aromatic N) is 1. The van der Waals surface area contributed by atoms with Crippen LogP contribution in [0.3, 0.4) is 0 Å². The zero-order valence-electron chi connectivity index (χ0n) is 27.2. The molecule has 11 heteroatoms. The van der Waals surface area contributed by atoms with E-state index in [1.165, 1.54) is 58.2 Å². The second-order valence-electron chi connectivity index (χ2n) is 11.8.